The molecule has 27 heavy (non-hydrogen) atoms. The summed E-state index contributed by atoms with van der Waals surface area (Å²) in [7, 11) is 0.996. The molecule has 0 fully saturated rings. The van der Waals surface area contributed by atoms with Crippen molar-refractivity contribution >= 4 is 22.0 Å². The quantitative estimate of drug-likeness (QED) is 0.672. The lowest BCUT2D eigenvalue weighted by atomic mass is 10.2. The summed E-state index contributed by atoms with van der Waals surface area (Å²) in [4.78, 5) is 12.1. The molecule has 0 radical (unpaired) electrons. The van der Waals surface area contributed by atoms with Gasteiger partial charge in [-0.05, 0) is 48.5 Å². The van der Waals surface area contributed by atoms with Gasteiger partial charge in [0.1, 0.15) is 0 Å². The van der Waals surface area contributed by atoms with Crippen LogP contribution in [0.1, 0.15) is 11.1 Å². The number of sulfonamides is 1. The number of benzene rings is 2. The summed E-state index contributed by atoms with van der Waals surface area (Å²) in [6.07, 6.45) is 3.00. The van der Waals surface area contributed by atoms with Crippen molar-refractivity contribution in [2.75, 3.05) is 21.3 Å². The zero-order chi connectivity index (χ0) is 19.9. The second-order valence-corrected chi connectivity index (χ2v) is 7.40. The van der Waals surface area contributed by atoms with Crippen molar-refractivity contribution in [2.45, 2.75) is 11.4 Å². The highest BCUT2D eigenvalue weighted by Crippen LogP contribution is 2.27. The maximum Gasteiger partial charge on any atom is 0.244 e. The molecule has 0 aliphatic heterocycles. The van der Waals surface area contributed by atoms with E-state index in [1.54, 1.807) is 44.6 Å². The molecule has 2 aromatic carbocycles. The van der Waals surface area contributed by atoms with Gasteiger partial charge in [-0.1, -0.05) is 18.2 Å². The van der Waals surface area contributed by atoms with E-state index in [1.807, 2.05) is 6.07 Å². The van der Waals surface area contributed by atoms with Crippen LogP contribution in [-0.4, -0.2) is 35.6 Å². The first-order chi connectivity index (χ1) is 12.9. The van der Waals surface area contributed by atoms with Crippen molar-refractivity contribution in [3.8, 4) is 11.5 Å². The van der Waals surface area contributed by atoms with Crippen molar-refractivity contribution in [3.05, 3.63) is 59.7 Å². The summed E-state index contributed by atoms with van der Waals surface area (Å²) < 4.78 is 36.0. The van der Waals surface area contributed by atoms with E-state index in [0.29, 0.717) is 23.6 Å². The summed E-state index contributed by atoms with van der Waals surface area (Å²) in [5.41, 5.74) is 1.59. The molecule has 0 unspecified atom stereocenters. The third-order valence-corrected chi connectivity index (χ3v) is 5.23. The summed E-state index contributed by atoms with van der Waals surface area (Å²) in [6, 6.07) is 11.6. The van der Waals surface area contributed by atoms with Gasteiger partial charge in [0.05, 0.1) is 19.1 Å². The molecule has 2 rings (SSSR count). The number of hydrogen-bond acceptors (Lipinski definition) is 5. The standard InChI is InChI=1S/C19H22N2O5S/c1-20-27(23,24)16-8-4-14(5-9-16)7-11-19(22)21-13-15-6-10-17(25-2)18(12-15)26-3/h4-12,20H,13H2,1-3H3,(H,21,22)/b11-7+. The monoisotopic (exact) mass is 390 g/mol. The zero-order valence-electron chi connectivity index (χ0n) is 15.4. The van der Waals surface area contributed by atoms with Gasteiger partial charge in [0.15, 0.2) is 11.5 Å². The van der Waals surface area contributed by atoms with Gasteiger partial charge in [0.25, 0.3) is 0 Å². The molecular formula is C19H22N2O5S. The van der Waals surface area contributed by atoms with Crippen molar-refractivity contribution in [1.29, 1.82) is 0 Å². The first kappa shape index (κ1) is 20.5. The highest BCUT2D eigenvalue weighted by Gasteiger charge is 2.10. The van der Waals surface area contributed by atoms with E-state index in [1.165, 1.54) is 25.3 Å². The molecule has 8 heteroatoms. The smallest absolute Gasteiger partial charge is 0.244 e. The molecule has 0 saturated carbocycles. The Labute approximate surface area is 159 Å². The molecule has 0 heterocycles. The predicted molar refractivity (Wildman–Crippen MR) is 103 cm³/mol. The summed E-state index contributed by atoms with van der Waals surface area (Å²) in [6.45, 7) is 0.336. The van der Waals surface area contributed by atoms with Crippen molar-refractivity contribution in [3.63, 3.8) is 0 Å². The number of ether oxygens (including phenoxy) is 2. The molecule has 7 nitrogen and oxygen atoms in total. The third-order valence-electron chi connectivity index (χ3n) is 3.80. The van der Waals surface area contributed by atoms with Crippen LogP contribution in [0, 0.1) is 0 Å². The number of amides is 1. The van der Waals surface area contributed by atoms with Crippen molar-refractivity contribution < 1.29 is 22.7 Å². The van der Waals surface area contributed by atoms with Crippen LogP contribution in [0.2, 0.25) is 0 Å². The number of carbonyl (C=O) groups is 1. The number of nitrogens with one attached hydrogen (secondary N) is 2. The van der Waals surface area contributed by atoms with Crippen LogP contribution in [0.3, 0.4) is 0 Å². The van der Waals surface area contributed by atoms with E-state index in [4.69, 9.17) is 9.47 Å². The van der Waals surface area contributed by atoms with Gasteiger partial charge < -0.3 is 14.8 Å². The molecule has 0 saturated heterocycles. The molecule has 1 amide bonds. The molecular weight excluding hydrogens is 368 g/mol. The minimum absolute atomic E-state index is 0.167. The van der Waals surface area contributed by atoms with Crippen LogP contribution in [0.5, 0.6) is 11.5 Å². The van der Waals surface area contributed by atoms with Crippen molar-refractivity contribution in [1.82, 2.24) is 10.0 Å². The van der Waals surface area contributed by atoms with Gasteiger partial charge in [0.2, 0.25) is 15.9 Å². The lowest BCUT2D eigenvalue weighted by Crippen LogP contribution is -2.20. The average molecular weight is 390 g/mol. The maximum absolute atomic E-state index is 12.0. The van der Waals surface area contributed by atoms with E-state index in [9.17, 15) is 13.2 Å². The lowest BCUT2D eigenvalue weighted by molar-refractivity contribution is -0.116. The lowest BCUT2D eigenvalue weighted by Gasteiger charge is -2.09. The first-order valence-electron chi connectivity index (χ1n) is 8.10. The van der Waals surface area contributed by atoms with Gasteiger partial charge in [-0.2, -0.15) is 0 Å². The van der Waals surface area contributed by atoms with E-state index >= 15 is 0 Å². The van der Waals surface area contributed by atoms with Crippen LogP contribution in [0.4, 0.5) is 0 Å². The molecule has 2 N–H and O–H groups in total. The van der Waals surface area contributed by atoms with Crippen LogP contribution in [-0.2, 0) is 21.4 Å². The highest BCUT2D eigenvalue weighted by atomic mass is 32.2. The fourth-order valence-corrected chi connectivity index (χ4v) is 3.02. The Morgan fingerprint density at radius 3 is 2.30 bits per heavy atom. The summed E-state index contributed by atoms with van der Waals surface area (Å²) in [5, 5.41) is 2.77. The van der Waals surface area contributed by atoms with E-state index in [2.05, 4.69) is 10.0 Å². The van der Waals surface area contributed by atoms with E-state index < -0.39 is 10.0 Å². The molecule has 0 aliphatic rings. The molecule has 2 aromatic rings. The zero-order valence-corrected chi connectivity index (χ0v) is 16.2. The summed E-state index contributed by atoms with van der Waals surface area (Å²) in [5.74, 6) is 0.948. The topological polar surface area (TPSA) is 93.7 Å². The normalized spacial score (nSPS) is 11.4. The van der Waals surface area contributed by atoms with Crippen LogP contribution in [0.15, 0.2) is 53.4 Å². The Morgan fingerprint density at radius 1 is 1.04 bits per heavy atom. The van der Waals surface area contributed by atoms with Crippen LogP contribution < -0.4 is 19.5 Å². The van der Waals surface area contributed by atoms with Gasteiger partial charge in [0, 0.05) is 12.6 Å². The van der Waals surface area contributed by atoms with Gasteiger partial charge in [-0.15, -0.1) is 0 Å². The Bertz CT molecular complexity index is 922. The van der Waals surface area contributed by atoms with E-state index in [-0.39, 0.29) is 10.8 Å². The van der Waals surface area contributed by atoms with E-state index in [0.717, 1.165) is 5.56 Å². The summed E-state index contributed by atoms with van der Waals surface area (Å²) >= 11 is 0. The fourth-order valence-electron chi connectivity index (χ4n) is 2.29. The Balaban J connectivity index is 1.95. The van der Waals surface area contributed by atoms with Crippen LogP contribution >= 0.6 is 0 Å². The predicted octanol–water partition coefficient (Wildman–Crippen LogP) is 1.94. The largest absolute Gasteiger partial charge is 0.493 e. The molecule has 0 aliphatic carbocycles. The number of rotatable bonds is 8. The second kappa shape index (κ2) is 9.20. The Kier molecular flexibility index (Phi) is 6.98. The number of hydrogen-bond donors (Lipinski definition) is 2. The molecule has 144 valence electrons. The molecule has 0 aromatic heterocycles. The molecule has 0 atom stereocenters. The minimum Gasteiger partial charge on any atom is -0.493 e. The van der Waals surface area contributed by atoms with Crippen LogP contribution in [0.25, 0.3) is 6.08 Å². The van der Waals surface area contributed by atoms with Gasteiger partial charge in [-0.25, -0.2) is 13.1 Å². The Hall–Kier alpha value is -2.84. The van der Waals surface area contributed by atoms with Gasteiger partial charge >= 0.3 is 0 Å². The highest BCUT2D eigenvalue weighted by molar-refractivity contribution is 7.89. The molecule has 0 spiro atoms. The maximum atomic E-state index is 12.0. The number of methoxy groups -OCH3 is 2. The number of carbonyl (C=O) groups excluding carboxylic acids is 1. The van der Waals surface area contributed by atoms with Crippen molar-refractivity contribution in [2.24, 2.45) is 0 Å². The SMILES string of the molecule is CNS(=O)(=O)c1ccc(/C=C/C(=O)NCc2ccc(OC)c(OC)c2)cc1. The molecule has 0 bridgehead atoms. The minimum atomic E-state index is -3.47. The fraction of sp³-hybridized carbons (Fsp3) is 0.211. The Morgan fingerprint density at radius 2 is 1.70 bits per heavy atom. The first-order valence-corrected chi connectivity index (χ1v) is 9.58. The third kappa shape index (κ3) is 5.57. The van der Waals surface area contributed by atoms with Gasteiger partial charge in [-0.3, -0.25) is 4.79 Å². The average Bonchev–Trinajstić information content (AvgIpc) is 2.70. The second-order valence-electron chi connectivity index (χ2n) is 5.52.